The number of aromatic nitrogens is 3. The summed E-state index contributed by atoms with van der Waals surface area (Å²) in [5.41, 5.74) is 2.23. The number of anilines is 2. The second kappa shape index (κ2) is 6.96. The van der Waals surface area contributed by atoms with Crippen LogP contribution in [-0.4, -0.2) is 40.0 Å². The van der Waals surface area contributed by atoms with Crippen LogP contribution >= 0.6 is 11.3 Å². The van der Waals surface area contributed by atoms with Gasteiger partial charge in [-0.05, 0) is 12.1 Å². The lowest BCUT2D eigenvalue weighted by molar-refractivity contribution is -0.115. The number of hydrogen-bond acceptors (Lipinski definition) is 5. The summed E-state index contributed by atoms with van der Waals surface area (Å²) in [5, 5.41) is 8.02. The smallest absolute Gasteiger partial charge is 0.323 e. The molecule has 1 saturated heterocycles. The average Bonchev–Trinajstić information content (AvgIpc) is 3.36. The summed E-state index contributed by atoms with van der Waals surface area (Å²) in [6.07, 6.45) is 3.58. The highest BCUT2D eigenvalue weighted by atomic mass is 32.1. The van der Waals surface area contributed by atoms with Gasteiger partial charge in [-0.1, -0.05) is 12.1 Å². The number of carbonyl (C=O) groups is 2. The molecule has 1 aromatic carbocycles. The molecular weight excluding hydrogens is 352 g/mol. The molecule has 3 N–H and O–H groups in total. The van der Waals surface area contributed by atoms with Crippen molar-refractivity contribution in [1.29, 1.82) is 0 Å². The minimum atomic E-state index is -0.163. The topological polar surface area (TPSA) is 103 Å². The molecule has 0 atom stereocenters. The maximum absolute atomic E-state index is 12.3. The summed E-state index contributed by atoms with van der Waals surface area (Å²) >= 11 is 1.36. The fraction of sp³-hybridized carbons (Fsp3) is 0.176. The van der Waals surface area contributed by atoms with Gasteiger partial charge in [-0.2, -0.15) is 0 Å². The Morgan fingerprint density at radius 1 is 1.38 bits per heavy atom. The van der Waals surface area contributed by atoms with Crippen LogP contribution in [0.2, 0.25) is 0 Å². The third-order valence-electron chi connectivity index (χ3n) is 3.89. The van der Waals surface area contributed by atoms with E-state index in [4.69, 9.17) is 0 Å². The number of imidazole rings is 1. The van der Waals surface area contributed by atoms with Crippen LogP contribution in [0, 0.1) is 0 Å². The quantitative estimate of drug-likeness (QED) is 0.642. The number of H-pyrrole nitrogens is 1. The number of carbonyl (C=O) groups excluding carboxylic acids is 2. The van der Waals surface area contributed by atoms with Gasteiger partial charge < -0.3 is 15.6 Å². The first kappa shape index (κ1) is 16.3. The molecule has 3 heterocycles. The highest BCUT2D eigenvalue weighted by molar-refractivity contribution is 7.14. The summed E-state index contributed by atoms with van der Waals surface area (Å²) in [7, 11) is 0. The van der Waals surface area contributed by atoms with E-state index in [1.165, 1.54) is 11.3 Å². The first-order chi connectivity index (χ1) is 12.7. The van der Waals surface area contributed by atoms with E-state index in [-0.39, 0.29) is 18.4 Å². The van der Waals surface area contributed by atoms with Crippen molar-refractivity contribution in [2.75, 3.05) is 23.3 Å². The van der Waals surface area contributed by atoms with Crippen LogP contribution < -0.4 is 15.5 Å². The maximum atomic E-state index is 12.3. The van der Waals surface area contributed by atoms with Gasteiger partial charge in [0.15, 0.2) is 5.13 Å². The summed E-state index contributed by atoms with van der Waals surface area (Å²) in [4.78, 5) is 37.2. The lowest BCUT2D eigenvalue weighted by Crippen LogP contribution is -2.27. The number of hydrogen-bond donors (Lipinski definition) is 3. The lowest BCUT2D eigenvalue weighted by Gasteiger charge is -2.08. The van der Waals surface area contributed by atoms with Crippen molar-refractivity contribution in [2.45, 2.75) is 6.42 Å². The van der Waals surface area contributed by atoms with Gasteiger partial charge in [0.25, 0.3) is 0 Å². The van der Waals surface area contributed by atoms with Crippen molar-refractivity contribution in [3.8, 4) is 11.4 Å². The van der Waals surface area contributed by atoms with E-state index in [2.05, 4.69) is 25.6 Å². The van der Waals surface area contributed by atoms with Crippen LogP contribution in [0.5, 0.6) is 0 Å². The second-order valence-electron chi connectivity index (χ2n) is 5.75. The first-order valence-corrected chi connectivity index (χ1v) is 8.96. The Morgan fingerprint density at radius 3 is 3.08 bits per heavy atom. The Morgan fingerprint density at radius 2 is 2.31 bits per heavy atom. The third-order valence-corrected chi connectivity index (χ3v) is 4.80. The van der Waals surface area contributed by atoms with Gasteiger partial charge in [-0.15, -0.1) is 11.3 Å². The average molecular weight is 368 g/mol. The van der Waals surface area contributed by atoms with Crippen molar-refractivity contribution in [1.82, 2.24) is 20.3 Å². The summed E-state index contributed by atoms with van der Waals surface area (Å²) in [6, 6.07) is 7.32. The number of nitrogens with zero attached hydrogens (tertiary/aromatic N) is 3. The molecule has 0 spiro atoms. The molecule has 1 aliphatic heterocycles. The van der Waals surface area contributed by atoms with Crippen molar-refractivity contribution in [3.05, 3.63) is 47.7 Å². The van der Waals surface area contributed by atoms with Gasteiger partial charge >= 0.3 is 6.03 Å². The molecule has 4 rings (SSSR count). The monoisotopic (exact) mass is 368 g/mol. The number of rotatable bonds is 5. The zero-order valence-electron chi connectivity index (χ0n) is 13.7. The van der Waals surface area contributed by atoms with Crippen LogP contribution in [0.3, 0.4) is 0 Å². The number of urea groups is 1. The Kier molecular flexibility index (Phi) is 4.36. The fourth-order valence-corrected chi connectivity index (χ4v) is 3.54. The van der Waals surface area contributed by atoms with E-state index < -0.39 is 0 Å². The Labute approximate surface area is 153 Å². The normalized spacial score (nSPS) is 13.7. The van der Waals surface area contributed by atoms with E-state index >= 15 is 0 Å². The van der Waals surface area contributed by atoms with E-state index in [0.29, 0.717) is 29.6 Å². The second-order valence-corrected chi connectivity index (χ2v) is 6.59. The molecule has 0 bridgehead atoms. The van der Waals surface area contributed by atoms with Crippen molar-refractivity contribution >= 4 is 34.1 Å². The maximum Gasteiger partial charge on any atom is 0.323 e. The molecule has 1 aliphatic rings. The van der Waals surface area contributed by atoms with Crippen LogP contribution in [0.15, 0.2) is 42.0 Å². The minimum absolute atomic E-state index is 0.148. The fourth-order valence-electron chi connectivity index (χ4n) is 2.69. The summed E-state index contributed by atoms with van der Waals surface area (Å²) in [5.74, 6) is 0.582. The van der Waals surface area contributed by atoms with Crippen molar-refractivity contribution < 1.29 is 9.59 Å². The SMILES string of the molecule is O=C(Cc1csc(N2CCNC2=O)n1)Nc1cccc(-c2ncc[nH]2)c1. The zero-order valence-corrected chi connectivity index (χ0v) is 14.5. The molecule has 132 valence electrons. The molecule has 2 aromatic heterocycles. The highest BCUT2D eigenvalue weighted by Crippen LogP contribution is 2.23. The van der Waals surface area contributed by atoms with E-state index in [9.17, 15) is 9.59 Å². The van der Waals surface area contributed by atoms with Crippen LogP contribution in [0.1, 0.15) is 5.69 Å². The number of amides is 3. The predicted molar refractivity (Wildman–Crippen MR) is 99.2 cm³/mol. The largest absolute Gasteiger partial charge is 0.345 e. The Hall–Kier alpha value is -3.20. The Bertz CT molecular complexity index is 936. The number of benzene rings is 1. The first-order valence-electron chi connectivity index (χ1n) is 8.08. The zero-order chi connectivity index (χ0) is 17.9. The highest BCUT2D eigenvalue weighted by Gasteiger charge is 2.24. The molecule has 26 heavy (non-hydrogen) atoms. The van der Waals surface area contributed by atoms with Crippen LogP contribution in [0.4, 0.5) is 15.6 Å². The van der Waals surface area contributed by atoms with Crippen LogP contribution in [0.25, 0.3) is 11.4 Å². The third kappa shape index (κ3) is 3.42. The molecular formula is C17H16N6O2S. The van der Waals surface area contributed by atoms with Gasteiger partial charge in [-0.3, -0.25) is 9.69 Å². The molecule has 3 aromatic rings. The molecule has 9 heteroatoms. The van der Waals surface area contributed by atoms with Crippen molar-refractivity contribution in [3.63, 3.8) is 0 Å². The minimum Gasteiger partial charge on any atom is -0.345 e. The summed E-state index contributed by atoms with van der Waals surface area (Å²) in [6.45, 7) is 1.21. The number of nitrogens with one attached hydrogen (secondary N) is 3. The molecule has 0 unspecified atom stereocenters. The van der Waals surface area contributed by atoms with Gasteiger partial charge in [0, 0.05) is 42.1 Å². The predicted octanol–water partition coefficient (Wildman–Crippen LogP) is 2.24. The molecule has 0 aliphatic carbocycles. The van der Waals surface area contributed by atoms with Gasteiger partial charge in [0.05, 0.1) is 12.1 Å². The summed E-state index contributed by atoms with van der Waals surface area (Å²) < 4.78 is 0. The van der Waals surface area contributed by atoms with E-state index in [1.54, 1.807) is 22.7 Å². The van der Waals surface area contributed by atoms with Crippen molar-refractivity contribution in [2.24, 2.45) is 0 Å². The van der Waals surface area contributed by atoms with Gasteiger partial charge in [0.2, 0.25) is 5.91 Å². The van der Waals surface area contributed by atoms with E-state index in [1.807, 2.05) is 24.3 Å². The standard InChI is InChI=1S/C17H16N6O2S/c24-14(9-13-10-26-17(22-13)23-7-6-20-16(23)25)21-12-3-1-2-11(8-12)15-18-4-5-19-15/h1-5,8,10H,6-7,9H2,(H,18,19)(H,20,25)(H,21,24). The van der Waals surface area contributed by atoms with Crippen LogP contribution in [-0.2, 0) is 11.2 Å². The van der Waals surface area contributed by atoms with Gasteiger partial charge in [-0.25, -0.2) is 14.8 Å². The number of thiazole rings is 1. The molecule has 1 fully saturated rings. The van der Waals surface area contributed by atoms with E-state index in [0.717, 1.165) is 11.4 Å². The molecule has 0 radical (unpaired) electrons. The molecule has 3 amide bonds. The molecule has 0 saturated carbocycles. The molecule has 8 nitrogen and oxygen atoms in total. The number of aromatic amines is 1. The van der Waals surface area contributed by atoms with Gasteiger partial charge in [0.1, 0.15) is 5.82 Å². The Balaban J connectivity index is 1.41. The lowest BCUT2D eigenvalue weighted by atomic mass is 10.2.